The van der Waals surface area contributed by atoms with Gasteiger partial charge < -0.3 is 11.1 Å². The molecular formula is C16H24IN5. The second-order valence-electron chi connectivity index (χ2n) is 5.48. The highest BCUT2D eigenvalue weighted by Crippen LogP contribution is 2.15. The van der Waals surface area contributed by atoms with Gasteiger partial charge in [0.2, 0.25) is 0 Å². The van der Waals surface area contributed by atoms with E-state index in [0.717, 1.165) is 22.6 Å². The molecule has 2 rings (SSSR count). The predicted molar refractivity (Wildman–Crippen MR) is 103 cm³/mol. The van der Waals surface area contributed by atoms with Crippen LogP contribution in [-0.4, -0.2) is 15.7 Å². The molecule has 0 amide bonds. The molecule has 0 bridgehead atoms. The Morgan fingerprint density at radius 1 is 1.18 bits per heavy atom. The van der Waals surface area contributed by atoms with Crippen LogP contribution in [0, 0.1) is 27.7 Å². The minimum absolute atomic E-state index is 0. The summed E-state index contributed by atoms with van der Waals surface area (Å²) in [5, 5.41) is 7.52. The first kappa shape index (κ1) is 18.5. The van der Waals surface area contributed by atoms with E-state index < -0.39 is 0 Å². The lowest BCUT2D eigenvalue weighted by atomic mass is 10.1. The van der Waals surface area contributed by atoms with Crippen LogP contribution in [0.1, 0.15) is 28.1 Å². The highest BCUT2D eigenvalue weighted by molar-refractivity contribution is 14.0. The molecule has 22 heavy (non-hydrogen) atoms. The Morgan fingerprint density at radius 3 is 2.27 bits per heavy atom. The fourth-order valence-corrected chi connectivity index (χ4v) is 2.44. The molecule has 0 radical (unpaired) electrons. The third-order valence-corrected chi connectivity index (χ3v) is 3.56. The van der Waals surface area contributed by atoms with Gasteiger partial charge >= 0.3 is 0 Å². The SMILES string of the molecule is Cc1cc(C)cc(NC(N)=NCc2c(C)nn(C)c2C)c1.I. The van der Waals surface area contributed by atoms with Crippen LogP contribution in [0.3, 0.4) is 0 Å². The molecule has 1 aromatic heterocycles. The molecule has 0 spiro atoms. The summed E-state index contributed by atoms with van der Waals surface area (Å²) in [5.41, 5.74) is 12.6. The number of aliphatic imine (C=N–C) groups is 1. The molecule has 0 atom stereocenters. The summed E-state index contributed by atoms with van der Waals surface area (Å²) in [6, 6.07) is 6.23. The molecule has 0 unspecified atom stereocenters. The molecule has 1 aromatic carbocycles. The average molecular weight is 413 g/mol. The molecule has 6 heteroatoms. The number of halogens is 1. The zero-order valence-electron chi connectivity index (χ0n) is 13.8. The highest BCUT2D eigenvalue weighted by atomic mass is 127. The molecule has 0 aliphatic carbocycles. The van der Waals surface area contributed by atoms with Crippen molar-refractivity contribution in [3.63, 3.8) is 0 Å². The van der Waals surface area contributed by atoms with Crippen LogP contribution < -0.4 is 11.1 Å². The number of nitrogens with two attached hydrogens (primary N) is 1. The number of guanidine groups is 1. The average Bonchev–Trinajstić information content (AvgIpc) is 2.60. The minimum atomic E-state index is 0. The molecule has 120 valence electrons. The first-order valence-corrected chi connectivity index (χ1v) is 7.01. The van der Waals surface area contributed by atoms with Crippen molar-refractivity contribution in [2.75, 3.05) is 5.32 Å². The van der Waals surface area contributed by atoms with Crippen molar-refractivity contribution in [3.05, 3.63) is 46.3 Å². The van der Waals surface area contributed by atoms with Crippen LogP contribution in [0.5, 0.6) is 0 Å². The first-order valence-electron chi connectivity index (χ1n) is 7.01. The summed E-state index contributed by atoms with van der Waals surface area (Å²) >= 11 is 0. The maximum Gasteiger partial charge on any atom is 0.193 e. The zero-order chi connectivity index (χ0) is 15.6. The van der Waals surface area contributed by atoms with Crippen LogP contribution in [0.4, 0.5) is 5.69 Å². The lowest BCUT2D eigenvalue weighted by molar-refractivity contribution is 0.730. The molecule has 0 aliphatic rings. The number of nitrogens with zero attached hydrogens (tertiary/aromatic N) is 3. The van der Waals surface area contributed by atoms with Gasteiger partial charge in [-0.3, -0.25) is 4.68 Å². The molecule has 5 nitrogen and oxygen atoms in total. The normalized spacial score (nSPS) is 11.2. The van der Waals surface area contributed by atoms with E-state index in [9.17, 15) is 0 Å². The van der Waals surface area contributed by atoms with E-state index in [1.165, 1.54) is 11.1 Å². The van der Waals surface area contributed by atoms with Gasteiger partial charge in [0.25, 0.3) is 0 Å². The highest BCUT2D eigenvalue weighted by Gasteiger charge is 2.08. The van der Waals surface area contributed by atoms with Gasteiger partial charge in [-0.1, -0.05) is 6.07 Å². The Bertz CT molecular complexity index is 668. The van der Waals surface area contributed by atoms with Gasteiger partial charge in [0.15, 0.2) is 5.96 Å². The molecule has 0 saturated heterocycles. The van der Waals surface area contributed by atoms with Gasteiger partial charge in [0.1, 0.15) is 0 Å². The van der Waals surface area contributed by atoms with Crippen molar-refractivity contribution in [3.8, 4) is 0 Å². The second kappa shape index (κ2) is 7.62. The largest absolute Gasteiger partial charge is 0.370 e. The van der Waals surface area contributed by atoms with Gasteiger partial charge in [0, 0.05) is 24.0 Å². The van der Waals surface area contributed by atoms with Crippen LogP contribution in [0.15, 0.2) is 23.2 Å². The summed E-state index contributed by atoms with van der Waals surface area (Å²) in [4.78, 5) is 4.41. The number of aryl methyl sites for hydroxylation is 4. The second-order valence-corrected chi connectivity index (χ2v) is 5.48. The Labute approximate surface area is 149 Å². The summed E-state index contributed by atoms with van der Waals surface area (Å²) in [7, 11) is 1.94. The summed E-state index contributed by atoms with van der Waals surface area (Å²) in [6.45, 7) is 8.70. The maximum atomic E-state index is 5.97. The third kappa shape index (κ3) is 4.46. The molecule has 2 aromatic rings. The van der Waals surface area contributed by atoms with Crippen molar-refractivity contribution in [2.24, 2.45) is 17.8 Å². The monoisotopic (exact) mass is 413 g/mol. The zero-order valence-corrected chi connectivity index (χ0v) is 16.1. The van der Waals surface area contributed by atoms with E-state index in [0.29, 0.717) is 12.5 Å². The fraction of sp³-hybridized carbons (Fsp3) is 0.375. The molecule has 1 heterocycles. The Hall–Kier alpha value is -1.57. The summed E-state index contributed by atoms with van der Waals surface area (Å²) < 4.78 is 1.87. The molecule has 0 fully saturated rings. The predicted octanol–water partition coefficient (Wildman–Crippen LogP) is 3.20. The fourth-order valence-electron chi connectivity index (χ4n) is 2.44. The van der Waals surface area contributed by atoms with Gasteiger partial charge in [-0.25, -0.2) is 4.99 Å². The molecule has 0 aliphatic heterocycles. The Balaban J connectivity index is 0.00000242. The number of aromatic nitrogens is 2. The number of hydrogen-bond acceptors (Lipinski definition) is 2. The van der Waals surface area contributed by atoms with Crippen LogP contribution in [0.2, 0.25) is 0 Å². The number of nitrogens with one attached hydrogen (secondary N) is 1. The lowest BCUT2D eigenvalue weighted by Gasteiger charge is -2.08. The quantitative estimate of drug-likeness (QED) is 0.462. The van der Waals surface area contributed by atoms with E-state index in [1.807, 2.05) is 25.6 Å². The standard InChI is InChI=1S/C16H23N5.HI/c1-10-6-11(2)8-14(7-10)19-16(17)18-9-15-12(3)20-21(5)13(15)4;/h6-8H,9H2,1-5H3,(H3,17,18,19);1H. The van der Waals surface area contributed by atoms with Crippen LogP contribution in [-0.2, 0) is 13.6 Å². The number of benzene rings is 1. The van der Waals surface area contributed by atoms with Gasteiger partial charge in [-0.15, -0.1) is 24.0 Å². The summed E-state index contributed by atoms with van der Waals surface area (Å²) in [5.74, 6) is 0.419. The molecule has 3 N–H and O–H groups in total. The molecular weight excluding hydrogens is 389 g/mol. The first-order chi connectivity index (χ1) is 9.86. The van der Waals surface area contributed by atoms with Gasteiger partial charge in [-0.05, 0) is 51.0 Å². The number of hydrogen-bond donors (Lipinski definition) is 2. The van der Waals surface area contributed by atoms with E-state index in [2.05, 4.69) is 47.5 Å². The topological polar surface area (TPSA) is 68.2 Å². The van der Waals surface area contributed by atoms with Crippen molar-refractivity contribution < 1.29 is 0 Å². The van der Waals surface area contributed by atoms with Crippen molar-refractivity contribution in [2.45, 2.75) is 34.2 Å². The van der Waals surface area contributed by atoms with E-state index in [4.69, 9.17) is 5.73 Å². The van der Waals surface area contributed by atoms with Crippen molar-refractivity contribution in [1.29, 1.82) is 0 Å². The Morgan fingerprint density at radius 2 is 1.77 bits per heavy atom. The maximum absolute atomic E-state index is 5.97. The number of anilines is 1. The van der Waals surface area contributed by atoms with E-state index >= 15 is 0 Å². The lowest BCUT2D eigenvalue weighted by Crippen LogP contribution is -2.22. The van der Waals surface area contributed by atoms with E-state index in [-0.39, 0.29) is 24.0 Å². The molecule has 0 saturated carbocycles. The summed E-state index contributed by atoms with van der Waals surface area (Å²) in [6.07, 6.45) is 0. The van der Waals surface area contributed by atoms with Crippen LogP contribution in [0.25, 0.3) is 0 Å². The van der Waals surface area contributed by atoms with Crippen molar-refractivity contribution in [1.82, 2.24) is 9.78 Å². The number of rotatable bonds is 3. The minimum Gasteiger partial charge on any atom is -0.370 e. The van der Waals surface area contributed by atoms with Gasteiger partial charge in [0.05, 0.1) is 12.2 Å². The van der Waals surface area contributed by atoms with Crippen LogP contribution >= 0.6 is 24.0 Å². The van der Waals surface area contributed by atoms with E-state index in [1.54, 1.807) is 0 Å². The third-order valence-electron chi connectivity index (χ3n) is 3.56. The van der Waals surface area contributed by atoms with Crippen molar-refractivity contribution >= 4 is 35.6 Å². The smallest absolute Gasteiger partial charge is 0.193 e. The van der Waals surface area contributed by atoms with Gasteiger partial charge in [-0.2, -0.15) is 5.10 Å². The Kier molecular flexibility index (Phi) is 6.40.